The number of rotatable bonds is 5. The van der Waals surface area contributed by atoms with Crippen molar-refractivity contribution in [2.75, 3.05) is 0 Å². The van der Waals surface area contributed by atoms with Gasteiger partial charge in [-0.05, 0) is 38.7 Å². The van der Waals surface area contributed by atoms with Crippen LogP contribution in [0.15, 0.2) is 6.07 Å². The highest BCUT2D eigenvalue weighted by atomic mass is 16.3. The molecule has 5 heteroatoms. The predicted octanol–water partition coefficient (Wildman–Crippen LogP) is 2.59. The number of aryl methyl sites for hydroxylation is 1. The average Bonchev–Trinajstić information content (AvgIpc) is 2.85. The smallest absolute Gasteiger partial charge is 0.272 e. The molecular weight excluding hydrogens is 266 g/mol. The van der Waals surface area contributed by atoms with Crippen LogP contribution in [0.3, 0.4) is 0 Å². The maximum atomic E-state index is 12.3. The van der Waals surface area contributed by atoms with Gasteiger partial charge < -0.3 is 10.4 Å². The van der Waals surface area contributed by atoms with Crippen LogP contribution >= 0.6 is 0 Å². The lowest BCUT2D eigenvalue weighted by molar-refractivity contribution is 0.0713. The zero-order chi connectivity index (χ0) is 15.4. The first-order valence-electron chi connectivity index (χ1n) is 8.11. The lowest BCUT2D eigenvalue weighted by Gasteiger charge is -2.27. The van der Waals surface area contributed by atoms with Gasteiger partial charge in [0.25, 0.3) is 5.91 Å². The number of amides is 1. The fourth-order valence-electron chi connectivity index (χ4n) is 3.12. The number of nitrogens with zero attached hydrogens (tertiary/aromatic N) is 2. The van der Waals surface area contributed by atoms with Gasteiger partial charge in [-0.1, -0.05) is 26.7 Å². The minimum absolute atomic E-state index is 0.134. The van der Waals surface area contributed by atoms with Crippen LogP contribution in [0, 0.1) is 6.92 Å². The van der Waals surface area contributed by atoms with Gasteiger partial charge in [-0.3, -0.25) is 9.48 Å². The molecule has 1 aliphatic carbocycles. The lowest BCUT2D eigenvalue weighted by atomic mass is 9.92. The topological polar surface area (TPSA) is 67.2 Å². The minimum atomic E-state index is -0.426. The molecule has 0 aromatic carbocycles. The Morgan fingerprint density at radius 2 is 2.10 bits per heavy atom. The summed E-state index contributed by atoms with van der Waals surface area (Å²) in [7, 11) is 0. The van der Waals surface area contributed by atoms with E-state index in [-0.39, 0.29) is 11.9 Å². The molecule has 2 rings (SSSR count). The molecule has 0 saturated heterocycles. The van der Waals surface area contributed by atoms with Gasteiger partial charge in [0.05, 0.1) is 18.2 Å². The standard InChI is InChI=1S/C16H27N3O2/c1-4-12(5-2)19-11(3)10-14(18-19)16(21)17-13-8-6-7-9-15(13)20/h10,12-13,15,20H,4-9H2,1-3H3,(H,17,21). The van der Waals surface area contributed by atoms with E-state index in [2.05, 4.69) is 24.3 Å². The molecule has 1 aromatic heterocycles. The minimum Gasteiger partial charge on any atom is -0.391 e. The zero-order valence-electron chi connectivity index (χ0n) is 13.3. The second-order valence-electron chi connectivity index (χ2n) is 6.02. The molecular formula is C16H27N3O2. The molecule has 1 amide bonds. The number of carbonyl (C=O) groups is 1. The van der Waals surface area contributed by atoms with Crippen molar-refractivity contribution in [1.82, 2.24) is 15.1 Å². The molecule has 2 unspecified atom stereocenters. The van der Waals surface area contributed by atoms with E-state index in [4.69, 9.17) is 0 Å². The Morgan fingerprint density at radius 1 is 1.43 bits per heavy atom. The number of aliphatic hydroxyl groups is 1. The second-order valence-corrected chi connectivity index (χ2v) is 6.02. The molecule has 21 heavy (non-hydrogen) atoms. The third kappa shape index (κ3) is 3.64. The number of hydrogen-bond acceptors (Lipinski definition) is 3. The number of carbonyl (C=O) groups excluding carboxylic acids is 1. The zero-order valence-corrected chi connectivity index (χ0v) is 13.3. The Hall–Kier alpha value is -1.36. The quantitative estimate of drug-likeness (QED) is 0.877. The Morgan fingerprint density at radius 3 is 2.71 bits per heavy atom. The van der Waals surface area contributed by atoms with Crippen LogP contribution in [0.25, 0.3) is 0 Å². The van der Waals surface area contributed by atoms with Crippen molar-refractivity contribution in [3.63, 3.8) is 0 Å². The first-order chi connectivity index (χ1) is 10.1. The normalized spacial score (nSPS) is 22.5. The van der Waals surface area contributed by atoms with Crippen molar-refractivity contribution in [2.45, 2.75) is 77.5 Å². The highest BCUT2D eigenvalue weighted by molar-refractivity contribution is 5.92. The summed E-state index contributed by atoms with van der Waals surface area (Å²) in [6, 6.07) is 2.04. The van der Waals surface area contributed by atoms with E-state index in [0.717, 1.165) is 44.2 Å². The van der Waals surface area contributed by atoms with E-state index in [1.54, 1.807) is 0 Å². The number of aromatic nitrogens is 2. The fourth-order valence-corrected chi connectivity index (χ4v) is 3.12. The lowest BCUT2D eigenvalue weighted by Crippen LogP contribution is -2.45. The summed E-state index contributed by atoms with van der Waals surface area (Å²) in [5.41, 5.74) is 1.47. The Bertz CT molecular complexity index is 480. The molecule has 0 aliphatic heterocycles. The molecule has 0 radical (unpaired) electrons. The average molecular weight is 293 g/mol. The van der Waals surface area contributed by atoms with E-state index >= 15 is 0 Å². The molecule has 0 bridgehead atoms. The van der Waals surface area contributed by atoms with Crippen LogP contribution in [0.5, 0.6) is 0 Å². The van der Waals surface area contributed by atoms with E-state index < -0.39 is 6.10 Å². The van der Waals surface area contributed by atoms with Crippen LogP contribution in [-0.4, -0.2) is 32.9 Å². The number of aliphatic hydroxyl groups excluding tert-OH is 1. The third-order valence-electron chi connectivity index (χ3n) is 4.49. The van der Waals surface area contributed by atoms with E-state index in [1.807, 2.05) is 17.7 Å². The third-order valence-corrected chi connectivity index (χ3v) is 4.49. The van der Waals surface area contributed by atoms with E-state index in [9.17, 15) is 9.90 Å². The molecule has 1 heterocycles. The van der Waals surface area contributed by atoms with E-state index in [0.29, 0.717) is 11.7 Å². The molecule has 2 atom stereocenters. The number of hydrogen-bond donors (Lipinski definition) is 2. The van der Waals surface area contributed by atoms with Gasteiger partial charge in [-0.2, -0.15) is 5.10 Å². The van der Waals surface area contributed by atoms with Crippen molar-refractivity contribution in [3.05, 3.63) is 17.5 Å². The molecule has 2 N–H and O–H groups in total. The highest BCUT2D eigenvalue weighted by Gasteiger charge is 2.26. The largest absolute Gasteiger partial charge is 0.391 e. The molecule has 0 spiro atoms. The van der Waals surface area contributed by atoms with Gasteiger partial charge in [0, 0.05) is 5.69 Å². The monoisotopic (exact) mass is 293 g/mol. The Balaban J connectivity index is 2.07. The molecule has 1 fully saturated rings. The highest BCUT2D eigenvalue weighted by Crippen LogP contribution is 2.20. The first-order valence-corrected chi connectivity index (χ1v) is 8.11. The van der Waals surface area contributed by atoms with Crippen LogP contribution in [0.4, 0.5) is 0 Å². The van der Waals surface area contributed by atoms with Crippen molar-refractivity contribution in [3.8, 4) is 0 Å². The molecule has 1 aromatic rings. The first kappa shape index (κ1) is 16.0. The van der Waals surface area contributed by atoms with Crippen LogP contribution in [-0.2, 0) is 0 Å². The Kier molecular flexibility index (Phi) is 5.39. The molecule has 5 nitrogen and oxygen atoms in total. The maximum absolute atomic E-state index is 12.3. The SMILES string of the molecule is CCC(CC)n1nc(C(=O)NC2CCCCC2O)cc1C. The van der Waals surface area contributed by atoms with Gasteiger partial charge in [-0.15, -0.1) is 0 Å². The van der Waals surface area contributed by atoms with Crippen LogP contribution < -0.4 is 5.32 Å². The predicted molar refractivity (Wildman–Crippen MR) is 82.3 cm³/mol. The molecule has 118 valence electrons. The van der Waals surface area contributed by atoms with Crippen molar-refractivity contribution >= 4 is 5.91 Å². The maximum Gasteiger partial charge on any atom is 0.272 e. The molecule has 1 aliphatic rings. The molecule has 1 saturated carbocycles. The number of nitrogens with one attached hydrogen (secondary N) is 1. The van der Waals surface area contributed by atoms with Crippen LogP contribution in [0.2, 0.25) is 0 Å². The van der Waals surface area contributed by atoms with Crippen molar-refractivity contribution < 1.29 is 9.90 Å². The summed E-state index contributed by atoms with van der Waals surface area (Å²) in [5.74, 6) is -0.172. The summed E-state index contributed by atoms with van der Waals surface area (Å²) < 4.78 is 1.95. The second kappa shape index (κ2) is 7.07. The Labute approximate surface area is 126 Å². The summed E-state index contributed by atoms with van der Waals surface area (Å²) in [6.07, 6.45) is 5.29. The van der Waals surface area contributed by atoms with Gasteiger partial charge in [0.2, 0.25) is 0 Å². The van der Waals surface area contributed by atoms with Crippen molar-refractivity contribution in [2.24, 2.45) is 0 Å². The van der Waals surface area contributed by atoms with Gasteiger partial charge >= 0.3 is 0 Å². The van der Waals surface area contributed by atoms with Gasteiger partial charge in [-0.25, -0.2) is 0 Å². The van der Waals surface area contributed by atoms with E-state index in [1.165, 1.54) is 0 Å². The summed E-state index contributed by atoms with van der Waals surface area (Å²) >= 11 is 0. The van der Waals surface area contributed by atoms with Gasteiger partial charge in [0.1, 0.15) is 5.69 Å². The fraction of sp³-hybridized carbons (Fsp3) is 0.750. The summed E-state index contributed by atoms with van der Waals surface area (Å²) in [6.45, 7) is 6.25. The van der Waals surface area contributed by atoms with Gasteiger partial charge in [0.15, 0.2) is 0 Å². The summed E-state index contributed by atoms with van der Waals surface area (Å²) in [4.78, 5) is 12.3. The van der Waals surface area contributed by atoms with Crippen LogP contribution in [0.1, 0.15) is 74.6 Å². The van der Waals surface area contributed by atoms with Crippen molar-refractivity contribution in [1.29, 1.82) is 0 Å². The summed E-state index contributed by atoms with van der Waals surface area (Å²) in [5, 5.41) is 17.3.